The zero-order valence-electron chi connectivity index (χ0n) is 11.8. The predicted molar refractivity (Wildman–Crippen MR) is 78.2 cm³/mol. The minimum absolute atomic E-state index is 0.0687. The Kier molecular flexibility index (Phi) is 4.58. The van der Waals surface area contributed by atoms with Crippen molar-refractivity contribution in [3.05, 3.63) is 34.1 Å². The van der Waals surface area contributed by atoms with Gasteiger partial charge in [-0.2, -0.15) is 0 Å². The Morgan fingerprint density at radius 1 is 1.19 bits per heavy atom. The molecule has 0 fully saturated rings. The molecular formula is C13H15BrF2N4O. The molecule has 0 aliphatic heterocycles. The van der Waals surface area contributed by atoms with Gasteiger partial charge in [-0.25, -0.2) is 8.78 Å². The largest absolute Gasteiger partial charge is 0.406 e. The van der Waals surface area contributed by atoms with Gasteiger partial charge in [0.15, 0.2) is 11.6 Å². The van der Waals surface area contributed by atoms with Gasteiger partial charge in [0.25, 0.3) is 0 Å². The van der Waals surface area contributed by atoms with Crippen LogP contribution in [-0.4, -0.2) is 15.7 Å². The molecule has 5 nitrogen and oxygen atoms in total. The van der Waals surface area contributed by atoms with Gasteiger partial charge in [0.1, 0.15) is 5.69 Å². The lowest BCUT2D eigenvalue weighted by atomic mass is 10.1. The van der Waals surface area contributed by atoms with E-state index in [1.54, 1.807) is 0 Å². The molecule has 1 aromatic carbocycles. The lowest BCUT2D eigenvalue weighted by molar-refractivity contribution is 0.384. The van der Waals surface area contributed by atoms with E-state index in [0.717, 1.165) is 12.1 Å². The summed E-state index contributed by atoms with van der Waals surface area (Å²) >= 11 is 3.01. The standard InChI is InChI=1S/C13H15BrF2N4O/c1-13(2,3)17-6-10-19-20-12(21-10)18-11-8(15)4-7(14)5-9(11)16/h4-5,17H,6H2,1-3H3,(H,18,20). The third-order valence-corrected chi connectivity index (χ3v) is 2.93. The number of halogens is 3. The minimum atomic E-state index is -0.755. The van der Waals surface area contributed by atoms with Gasteiger partial charge in [0, 0.05) is 10.0 Å². The molecule has 8 heteroatoms. The maximum absolute atomic E-state index is 13.7. The molecule has 1 aromatic heterocycles. The first-order valence-corrected chi connectivity index (χ1v) is 7.03. The Morgan fingerprint density at radius 2 is 1.81 bits per heavy atom. The summed E-state index contributed by atoms with van der Waals surface area (Å²) in [5, 5.41) is 13.1. The van der Waals surface area contributed by atoms with Gasteiger partial charge < -0.3 is 15.1 Å². The number of anilines is 2. The summed E-state index contributed by atoms with van der Waals surface area (Å²) in [5.41, 5.74) is -0.441. The first-order valence-electron chi connectivity index (χ1n) is 6.23. The van der Waals surface area contributed by atoms with Crippen molar-refractivity contribution in [3.63, 3.8) is 0 Å². The molecule has 0 amide bonds. The molecule has 0 aliphatic rings. The van der Waals surface area contributed by atoms with E-state index in [-0.39, 0.29) is 17.2 Å². The van der Waals surface area contributed by atoms with Crippen molar-refractivity contribution in [2.75, 3.05) is 5.32 Å². The molecule has 2 rings (SSSR count). The Hall–Kier alpha value is -1.54. The van der Waals surface area contributed by atoms with Crippen LogP contribution in [0, 0.1) is 11.6 Å². The number of hydrogen-bond acceptors (Lipinski definition) is 5. The van der Waals surface area contributed by atoms with Crippen LogP contribution in [0.1, 0.15) is 26.7 Å². The van der Waals surface area contributed by atoms with E-state index < -0.39 is 11.6 Å². The number of nitrogens with zero attached hydrogens (tertiary/aromatic N) is 2. The molecule has 21 heavy (non-hydrogen) atoms. The van der Waals surface area contributed by atoms with Crippen LogP contribution < -0.4 is 10.6 Å². The highest BCUT2D eigenvalue weighted by atomic mass is 79.9. The first kappa shape index (κ1) is 15.8. The van der Waals surface area contributed by atoms with Gasteiger partial charge in [-0.3, -0.25) is 0 Å². The van der Waals surface area contributed by atoms with Crippen LogP contribution in [-0.2, 0) is 6.54 Å². The molecule has 0 radical (unpaired) electrons. The fraction of sp³-hybridized carbons (Fsp3) is 0.385. The van der Waals surface area contributed by atoms with Crippen LogP contribution in [0.2, 0.25) is 0 Å². The summed E-state index contributed by atoms with van der Waals surface area (Å²) in [5.74, 6) is -1.19. The van der Waals surface area contributed by atoms with Crippen LogP contribution in [0.25, 0.3) is 0 Å². The molecule has 1 heterocycles. The van der Waals surface area contributed by atoms with E-state index in [4.69, 9.17) is 4.42 Å². The Bertz CT molecular complexity index is 616. The Morgan fingerprint density at radius 3 is 2.38 bits per heavy atom. The maximum Gasteiger partial charge on any atom is 0.320 e. The van der Waals surface area contributed by atoms with E-state index >= 15 is 0 Å². The van der Waals surface area contributed by atoms with E-state index in [0.29, 0.717) is 16.9 Å². The van der Waals surface area contributed by atoms with Gasteiger partial charge in [-0.15, -0.1) is 5.10 Å². The molecule has 0 bridgehead atoms. The third-order valence-electron chi connectivity index (χ3n) is 2.48. The number of benzene rings is 1. The van der Waals surface area contributed by atoms with Gasteiger partial charge in [-0.05, 0) is 32.9 Å². The Balaban J connectivity index is 2.10. The van der Waals surface area contributed by atoms with Gasteiger partial charge in [0.2, 0.25) is 5.89 Å². The summed E-state index contributed by atoms with van der Waals surface area (Å²) in [4.78, 5) is 0. The lowest BCUT2D eigenvalue weighted by Gasteiger charge is -2.18. The van der Waals surface area contributed by atoms with Crippen LogP contribution in [0.5, 0.6) is 0 Å². The molecule has 2 aromatic rings. The van der Waals surface area contributed by atoms with Crippen molar-refractivity contribution in [1.82, 2.24) is 15.5 Å². The molecule has 114 valence electrons. The van der Waals surface area contributed by atoms with Crippen LogP contribution in [0.3, 0.4) is 0 Å². The fourth-order valence-electron chi connectivity index (χ4n) is 1.48. The zero-order chi connectivity index (χ0) is 15.6. The SMILES string of the molecule is CC(C)(C)NCc1nnc(Nc2c(F)cc(Br)cc2F)o1. The van der Waals surface area contributed by atoms with Crippen molar-refractivity contribution < 1.29 is 13.2 Å². The molecule has 0 atom stereocenters. The molecule has 0 aliphatic carbocycles. The fourth-order valence-corrected chi connectivity index (χ4v) is 1.89. The van der Waals surface area contributed by atoms with Gasteiger partial charge >= 0.3 is 6.01 Å². The Labute approximate surface area is 129 Å². The second-order valence-corrected chi connectivity index (χ2v) is 6.39. The summed E-state index contributed by atoms with van der Waals surface area (Å²) in [6.45, 7) is 6.35. The molecule has 0 spiro atoms. The van der Waals surface area contributed by atoms with Crippen molar-refractivity contribution >= 4 is 27.6 Å². The number of hydrogen-bond donors (Lipinski definition) is 2. The van der Waals surface area contributed by atoms with Gasteiger partial charge in [0.05, 0.1) is 6.54 Å². The third kappa shape index (κ3) is 4.47. The quantitative estimate of drug-likeness (QED) is 0.869. The van der Waals surface area contributed by atoms with Crippen LogP contribution in [0.4, 0.5) is 20.5 Å². The molecule has 0 saturated heterocycles. The van der Waals surface area contributed by atoms with Crippen LogP contribution >= 0.6 is 15.9 Å². The topological polar surface area (TPSA) is 63.0 Å². The van der Waals surface area contributed by atoms with Crippen molar-refractivity contribution in [1.29, 1.82) is 0 Å². The average Bonchev–Trinajstić information content (AvgIpc) is 2.78. The van der Waals surface area contributed by atoms with E-state index in [9.17, 15) is 8.78 Å². The van der Waals surface area contributed by atoms with Crippen molar-refractivity contribution in [3.8, 4) is 0 Å². The van der Waals surface area contributed by atoms with E-state index in [1.165, 1.54) is 0 Å². The highest BCUT2D eigenvalue weighted by Crippen LogP contribution is 2.26. The monoisotopic (exact) mass is 360 g/mol. The summed E-state index contributed by atoms with van der Waals surface area (Å²) in [7, 11) is 0. The minimum Gasteiger partial charge on any atom is -0.406 e. The second kappa shape index (κ2) is 6.07. The highest BCUT2D eigenvalue weighted by Gasteiger charge is 2.15. The molecular weight excluding hydrogens is 346 g/mol. The first-order chi connectivity index (χ1) is 9.74. The predicted octanol–water partition coefficient (Wildman–Crippen LogP) is 3.74. The highest BCUT2D eigenvalue weighted by molar-refractivity contribution is 9.10. The zero-order valence-corrected chi connectivity index (χ0v) is 13.4. The summed E-state index contributed by atoms with van der Waals surface area (Å²) < 4.78 is 32.9. The average molecular weight is 361 g/mol. The number of nitrogens with one attached hydrogen (secondary N) is 2. The van der Waals surface area contributed by atoms with E-state index in [2.05, 4.69) is 36.8 Å². The van der Waals surface area contributed by atoms with Crippen LogP contribution in [0.15, 0.2) is 21.0 Å². The van der Waals surface area contributed by atoms with Gasteiger partial charge in [-0.1, -0.05) is 21.0 Å². The van der Waals surface area contributed by atoms with Crippen molar-refractivity contribution in [2.24, 2.45) is 0 Å². The summed E-state index contributed by atoms with van der Waals surface area (Å²) in [6.07, 6.45) is 0. The van der Waals surface area contributed by atoms with E-state index in [1.807, 2.05) is 20.8 Å². The number of rotatable bonds is 4. The second-order valence-electron chi connectivity index (χ2n) is 5.47. The lowest BCUT2D eigenvalue weighted by Crippen LogP contribution is -2.35. The van der Waals surface area contributed by atoms with Crippen molar-refractivity contribution in [2.45, 2.75) is 32.9 Å². The molecule has 2 N–H and O–H groups in total. The number of aromatic nitrogens is 2. The maximum atomic E-state index is 13.7. The normalized spacial score (nSPS) is 11.7. The smallest absolute Gasteiger partial charge is 0.320 e. The molecule has 0 saturated carbocycles. The summed E-state index contributed by atoms with van der Waals surface area (Å²) in [6, 6.07) is 2.22. The molecule has 0 unspecified atom stereocenters.